The summed E-state index contributed by atoms with van der Waals surface area (Å²) in [4.78, 5) is 6.25. The van der Waals surface area contributed by atoms with Gasteiger partial charge >= 0.3 is 0 Å². The highest BCUT2D eigenvalue weighted by atomic mass is 15.1. The van der Waals surface area contributed by atoms with E-state index in [-0.39, 0.29) is 0 Å². The maximum Gasteiger partial charge on any atom is 0.0354 e. The Kier molecular flexibility index (Phi) is 2.13. The third kappa shape index (κ3) is 1.78. The minimum absolute atomic E-state index is 0.990. The van der Waals surface area contributed by atoms with Crippen LogP contribution >= 0.6 is 0 Å². The van der Waals surface area contributed by atoms with Crippen LogP contribution in [-0.2, 0) is 0 Å². The number of allylic oxidation sites excluding steroid dienone is 2. The molecule has 2 nitrogen and oxygen atoms in total. The van der Waals surface area contributed by atoms with E-state index in [4.69, 9.17) is 0 Å². The Labute approximate surface area is 78.2 Å². The molecule has 1 aromatic rings. The second-order valence-corrected chi connectivity index (χ2v) is 3.17. The van der Waals surface area contributed by atoms with Gasteiger partial charge in [-0.25, -0.2) is 0 Å². The first-order chi connectivity index (χ1) is 6.36. The van der Waals surface area contributed by atoms with E-state index in [1.165, 1.54) is 11.1 Å². The van der Waals surface area contributed by atoms with Crippen molar-refractivity contribution in [3.8, 4) is 0 Å². The molecule has 0 unspecified atom stereocenters. The van der Waals surface area contributed by atoms with Crippen molar-refractivity contribution in [1.29, 1.82) is 0 Å². The van der Waals surface area contributed by atoms with Gasteiger partial charge in [-0.05, 0) is 11.6 Å². The molecular weight excluding hydrogens is 160 g/mol. The minimum Gasteiger partial charge on any atom is -0.376 e. The van der Waals surface area contributed by atoms with Crippen LogP contribution in [0.2, 0.25) is 0 Å². The highest BCUT2D eigenvalue weighted by Crippen LogP contribution is 2.17. The van der Waals surface area contributed by atoms with E-state index in [1.54, 1.807) is 6.20 Å². The van der Waals surface area contributed by atoms with Gasteiger partial charge in [-0.1, -0.05) is 18.2 Å². The average molecular weight is 172 g/mol. The Morgan fingerprint density at radius 2 is 2.38 bits per heavy atom. The number of rotatable bonds is 1. The molecule has 0 N–H and O–H groups in total. The van der Waals surface area contributed by atoms with Gasteiger partial charge in [0.25, 0.3) is 0 Å². The molecule has 0 amide bonds. The normalized spacial score (nSPS) is 15.8. The number of hydrogen-bond donors (Lipinski definition) is 0. The maximum absolute atomic E-state index is 4.09. The fourth-order valence-electron chi connectivity index (χ4n) is 1.38. The third-order valence-corrected chi connectivity index (χ3v) is 2.05. The second-order valence-electron chi connectivity index (χ2n) is 3.17. The van der Waals surface area contributed by atoms with Crippen LogP contribution in [0.4, 0.5) is 0 Å². The molecular formula is C11H12N2. The summed E-state index contributed by atoms with van der Waals surface area (Å²) in [6, 6.07) is 4.03. The van der Waals surface area contributed by atoms with Crippen molar-refractivity contribution < 1.29 is 0 Å². The van der Waals surface area contributed by atoms with Crippen LogP contribution in [0.25, 0.3) is 5.57 Å². The second kappa shape index (κ2) is 3.44. The molecule has 0 saturated carbocycles. The molecule has 13 heavy (non-hydrogen) atoms. The molecule has 0 bridgehead atoms. The molecule has 1 aliphatic heterocycles. The number of hydrogen-bond acceptors (Lipinski definition) is 2. The Hall–Kier alpha value is -1.57. The summed E-state index contributed by atoms with van der Waals surface area (Å²) in [7, 11) is 2.07. The Morgan fingerprint density at radius 1 is 1.46 bits per heavy atom. The summed E-state index contributed by atoms with van der Waals surface area (Å²) in [5.41, 5.74) is 2.40. The molecule has 2 heteroatoms. The Morgan fingerprint density at radius 3 is 3.08 bits per heavy atom. The molecule has 2 rings (SSSR count). The molecule has 0 spiro atoms. The van der Waals surface area contributed by atoms with Gasteiger partial charge in [0.05, 0.1) is 0 Å². The van der Waals surface area contributed by atoms with Gasteiger partial charge in [0.15, 0.2) is 0 Å². The van der Waals surface area contributed by atoms with E-state index >= 15 is 0 Å². The number of likely N-dealkylation sites (N-methyl/N-ethyl adjacent to an activating group) is 1. The van der Waals surface area contributed by atoms with E-state index in [9.17, 15) is 0 Å². The summed E-state index contributed by atoms with van der Waals surface area (Å²) >= 11 is 0. The molecule has 66 valence electrons. The minimum atomic E-state index is 0.990. The highest BCUT2D eigenvalue weighted by molar-refractivity contribution is 5.73. The fourth-order valence-corrected chi connectivity index (χ4v) is 1.38. The summed E-state index contributed by atoms with van der Waals surface area (Å²) in [5, 5.41) is 0. The van der Waals surface area contributed by atoms with Gasteiger partial charge < -0.3 is 4.90 Å². The quantitative estimate of drug-likeness (QED) is 0.643. The van der Waals surface area contributed by atoms with E-state index in [0.717, 1.165) is 6.54 Å². The van der Waals surface area contributed by atoms with E-state index in [1.807, 2.05) is 12.3 Å². The predicted octanol–water partition coefficient (Wildman–Crippen LogP) is 1.92. The van der Waals surface area contributed by atoms with Gasteiger partial charge in [0.1, 0.15) is 0 Å². The van der Waals surface area contributed by atoms with Crippen molar-refractivity contribution in [2.75, 3.05) is 13.6 Å². The van der Waals surface area contributed by atoms with Gasteiger partial charge in [-0.3, -0.25) is 4.98 Å². The van der Waals surface area contributed by atoms with Crippen LogP contribution in [0.1, 0.15) is 5.56 Å². The lowest BCUT2D eigenvalue weighted by Crippen LogP contribution is -2.13. The molecule has 2 heterocycles. The predicted molar refractivity (Wildman–Crippen MR) is 54.0 cm³/mol. The van der Waals surface area contributed by atoms with Crippen LogP contribution in [0.3, 0.4) is 0 Å². The number of pyridine rings is 1. The van der Waals surface area contributed by atoms with E-state index in [0.29, 0.717) is 0 Å². The van der Waals surface area contributed by atoms with Crippen molar-refractivity contribution in [2.45, 2.75) is 0 Å². The van der Waals surface area contributed by atoms with Crippen molar-refractivity contribution >= 4 is 5.57 Å². The first-order valence-electron chi connectivity index (χ1n) is 4.35. The first kappa shape index (κ1) is 8.05. The molecule has 0 aliphatic carbocycles. The van der Waals surface area contributed by atoms with Crippen LogP contribution in [0.15, 0.2) is 42.9 Å². The van der Waals surface area contributed by atoms with Crippen LogP contribution in [0, 0.1) is 0 Å². The van der Waals surface area contributed by atoms with Gasteiger partial charge in [0.2, 0.25) is 0 Å². The van der Waals surface area contributed by atoms with Crippen LogP contribution in [0.5, 0.6) is 0 Å². The molecule has 0 fully saturated rings. The molecule has 1 aliphatic rings. The summed E-state index contributed by atoms with van der Waals surface area (Å²) < 4.78 is 0. The van der Waals surface area contributed by atoms with Gasteiger partial charge in [-0.2, -0.15) is 0 Å². The van der Waals surface area contributed by atoms with Crippen molar-refractivity contribution in [2.24, 2.45) is 0 Å². The zero-order chi connectivity index (χ0) is 9.10. The van der Waals surface area contributed by atoms with E-state index in [2.05, 4.69) is 41.3 Å². The summed E-state index contributed by atoms with van der Waals surface area (Å²) in [5.74, 6) is 0. The largest absolute Gasteiger partial charge is 0.376 e. The third-order valence-electron chi connectivity index (χ3n) is 2.05. The van der Waals surface area contributed by atoms with Gasteiger partial charge in [0, 0.05) is 37.7 Å². The lowest BCUT2D eigenvalue weighted by atomic mass is 10.1. The molecule has 1 aromatic heterocycles. The fraction of sp³-hybridized carbons (Fsp3) is 0.182. The van der Waals surface area contributed by atoms with Crippen molar-refractivity contribution in [1.82, 2.24) is 9.88 Å². The molecule has 0 radical (unpaired) electrons. The Bertz CT molecular complexity index is 338. The van der Waals surface area contributed by atoms with E-state index < -0.39 is 0 Å². The molecule has 0 atom stereocenters. The standard InChI is InChI=1S/C11H12N2/c1-13-7-3-5-11(9-13)10-4-2-6-12-8-10/h2-6,8-9H,7H2,1H3. The average Bonchev–Trinajstić information content (AvgIpc) is 2.19. The van der Waals surface area contributed by atoms with Crippen LogP contribution in [-0.4, -0.2) is 23.5 Å². The SMILES string of the molecule is CN1C=C(c2cccnc2)C=CC1. The topological polar surface area (TPSA) is 16.1 Å². The summed E-state index contributed by atoms with van der Waals surface area (Å²) in [6.07, 6.45) is 10.1. The van der Waals surface area contributed by atoms with Crippen LogP contribution < -0.4 is 0 Å². The maximum atomic E-state index is 4.09. The molecule has 0 saturated heterocycles. The Balaban J connectivity index is 2.32. The lowest BCUT2D eigenvalue weighted by Gasteiger charge is -2.17. The zero-order valence-corrected chi connectivity index (χ0v) is 7.64. The number of nitrogens with zero attached hydrogens (tertiary/aromatic N) is 2. The lowest BCUT2D eigenvalue weighted by molar-refractivity contribution is 0.507. The van der Waals surface area contributed by atoms with Crippen molar-refractivity contribution in [3.63, 3.8) is 0 Å². The monoisotopic (exact) mass is 172 g/mol. The van der Waals surface area contributed by atoms with Crippen molar-refractivity contribution in [3.05, 3.63) is 48.4 Å². The summed E-state index contributed by atoms with van der Waals surface area (Å²) in [6.45, 7) is 0.990. The first-order valence-corrected chi connectivity index (χ1v) is 4.35. The smallest absolute Gasteiger partial charge is 0.0354 e. The highest BCUT2D eigenvalue weighted by Gasteiger charge is 2.02. The zero-order valence-electron chi connectivity index (χ0n) is 7.64. The van der Waals surface area contributed by atoms with Gasteiger partial charge in [-0.15, -0.1) is 0 Å². The number of aromatic nitrogens is 1. The molecule has 0 aromatic carbocycles.